The van der Waals surface area contributed by atoms with Gasteiger partial charge in [0.15, 0.2) is 5.79 Å². The normalized spacial score (nSPS) is 30.8. The Morgan fingerprint density at radius 2 is 2.13 bits per heavy atom. The molecule has 0 aromatic carbocycles. The SMILES string of the molecule is COC(C)(CC(C)C)OC1COCC1O. The molecule has 90 valence electrons. The Morgan fingerprint density at radius 3 is 2.53 bits per heavy atom. The van der Waals surface area contributed by atoms with Crippen LogP contribution in [0.5, 0.6) is 0 Å². The highest BCUT2D eigenvalue weighted by Crippen LogP contribution is 2.26. The topological polar surface area (TPSA) is 47.9 Å². The molecule has 1 aliphatic rings. The molecular formula is C11H22O4. The number of hydrogen-bond acceptors (Lipinski definition) is 4. The molecule has 1 heterocycles. The average molecular weight is 218 g/mol. The number of aliphatic hydroxyl groups excluding tert-OH is 1. The van der Waals surface area contributed by atoms with Crippen LogP contribution in [0.3, 0.4) is 0 Å². The molecule has 1 fully saturated rings. The van der Waals surface area contributed by atoms with Crippen LogP contribution in [0.1, 0.15) is 27.2 Å². The van der Waals surface area contributed by atoms with Crippen LogP contribution in [0.2, 0.25) is 0 Å². The summed E-state index contributed by atoms with van der Waals surface area (Å²) in [6.45, 7) is 6.92. The molecule has 0 aliphatic carbocycles. The Morgan fingerprint density at radius 1 is 1.47 bits per heavy atom. The smallest absolute Gasteiger partial charge is 0.166 e. The molecule has 0 amide bonds. The maximum absolute atomic E-state index is 9.58. The van der Waals surface area contributed by atoms with Gasteiger partial charge in [-0.05, 0) is 12.8 Å². The van der Waals surface area contributed by atoms with Crippen LogP contribution in [-0.4, -0.2) is 43.4 Å². The van der Waals surface area contributed by atoms with Gasteiger partial charge in [-0.2, -0.15) is 0 Å². The first-order valence-electron chi connectivity index (χ1n) is 5.45. The summed E-state index contributed by atoms with van der Waals surface area (Å²) in [4.78, 5) is 0. The van der Waals surface area contributed by atoms with Gasteiger partial charge in [0.1, 0.15) is 12.2 Å². The molecule has 3 atom stereocenters. The second-order valence-electron chi connectivity index (χ2n) is 4.70. The number of rotatable bonds is 5. The maximum Gasteiger partial charge on any atom is 0.166 e. The second-order valence-corrected chi connectivity index (χ2v) is 4.70. The van der Waals surface area contributed by atoms with Crippen molar-refractivity contribution in [2.75, 3.05) is 20.3 Å². The van der Waals surface area contributed by atoms with Crippen molar-refractivity contribution in [1.82, 2.24) is 0 Å². The molecule has 0 spiro atoms. The van der Waals surface area contributed by atoms with Crippen LogP contribution < -0.4 is 0 Å². The fraction of sp³-hybridized carbons (Fsp3) is 1.00. The van der Waals surface area contributed by atoms with Gasteiger partial charge in [0.2, 0.25) is 0 Å². The lowest BCUT2D eigenvalue weighted by Gasteiger charge is -2.33. The molecule has 0 aromatic rings. The van der Waals surface area contributed by atoms with Crippen molar-refractivity contribution in [1.29, 1.82) is 0 Å². The number of methoxy groups -OCH3 is 1. The first-order chi connectivity index (χ1) is 6.97. The molecule has 4 nitrogen and oxygen atoms in total. The zero-order valence-corrected chi connectivity index (χ0v) is 10.0. The first kappa shape index (κ1) is 12.9. The third-order valence-electron chi connectivity index (χ3n) is 2.61. The third-order valence-corrected chi connectivity index (χ3v) is 2.61. The van der Waals surface area contributed by atoms with E-state index >= 15 is 0 Å². The summed E-state index contributed by atoms with van der Waals surface area (Å²) < 4.78 is 16.3. The van der Waals surface area contributed by atoms with Crippen LogP contribution in [0.4, 0.5) is 0 Å². The fourth-order valence-electron chi connectivity index (χ4n) is 1.88. The average Bonchev–Trinajstić information content (AvgIpc) is 2.50. The van der Waals surface area contributed by atoms with E-state index in [1.54, 1.807) is 7.11 Å². The summed E-state index contributed by atoms with van der Waals surface area (Å²) in [7, 11) is 1.63. The van der Waals surface area contributed by atoms with E-state index in [2.05, 4.69) is 13.8 Å². The molecule has 4 heteroatoms. The van der Waals surface area contributed by atoms with Gasteiger partial charge in [-0.3, -0.25) is 0 Å². The van der Waals surface area contributed by atoms with Crippen LogP contribution >= 0.6 is 0 Å². The van der Waals surface area contributed by atoms with Crippen molar-refractivity contribution in [3.8, 4) is 0 Å². The van der Waals surface area contributed by atoms with E-state index in [1.807, 2.05) is 6.92 Å². The molecule has 0 radical (unpaired) electrons. The zero-order valence-electron chi connectivity index (χ0n) is 10.0. The van der Waals surface area contributed by atoms with Crippen molar-refractivity contribution in [3.05, 3.63) is 0 Å². The van der Waals surface area contributed by atoms with Crippen molar-refractivity contribution in [2.45, 2.75) is 45.2 Å². The van der Waals surface area contributed by atoms with Crippen LogP contribution in [-0.2, 0) is 14.2 Å². The molecule has 0 saturated carbocycles. The van der Waals surface area contributed by atoms with Crippen LogP contribution in [0, 0.1) is 5.92 Å². The van der Waals surface area contributed by atoms with E-state index in [9.17, 15) is 5.11 Å². The molecule has 1 saturated heterocycles. The highest BCUT2D eigenvalue weighted by Gasteiger charge is 2.35. The summed E-state index contributed by atoms with van der Waals surface area (Å²) in [5.74, 6) is -0.150. The molecule has 15 heavy (non-hydrogen) atoms. The van der Waals surface area contributed by atoms with Gasteiger partial charge in [0.05, 0.1) is 13.2 Å². The molecule has 1 rings (SSSR count). The van der Waals surface area contributed by atoms with E-state index in [-0.39, 0.29) is 6.10 Å². The largest absolute Gasteiger partial charge is 0.388 e. The van der Waals surface area contributed by atoms with Gasteiger partial charge in [-0.15, -0.1) is 0 Å². The highest BCUT2D eigenvalue weighted by molar-refractivity contribution is 4.78. The lowest BCUT2D eigenvalue weighted by atomic mass is 10.0. The predicted octanol–water partition coefficient (Wildman–Crippen LogP) is 1.17. The standard InChI is InChI=1S/C11H22O4/c1-8(2)5-11(3,13-4)15-10-7-14-6-9(10)12/h8-10,12H,5-7H2,1-4H3. The summed E-state index contributed by atoms with van der Waals surface area (Å²) in [6.07, 6.45) is -0.00691. The minimum atomic E-state index is -0.631. The fourth-order valence-corrected chi connectivity index (χ4v) is 1.88. The van der Waals surface area contributed by atoms with Crippen molar-refractivity contribution < 1.29 is 19.3 Å². The number of ether oxygens (including phenoxy) is 3. The van der Waals surface area contributed by atoms with Gasteiger partial charge in [-0.25, -0.2) is 0 Å². The van der Waals surface area contributed by atoms with Crippen LogP contribution in [0.25, 0.3) is 0 Å². The van der Waals surface area contributed by atoms with Crippen molar-refractivity contribution in [3.63, 3.8) is 0 Å². The zero-order chi connectivity index (χ0) is 11.5. The van der Waals surface area contributed by atoms with E-state index in [0.29, 0.717) is 19.1 Å². The lowest BCUT2D eigenvalue weighted by Crippen LogP contribution is -2.41. The Labute approximate surface area is 91.5 Å². The number of hydrogen-bond donors (Lipinski definition) is 1. The molecule has 3 unspecified atom stereocenters. The van der Waals surface area contributed by atoms with Crippen molar-refractivity contribution >= 4 is 0 Å². The van der Waals surface area contributed by atoms with Gasteiger partial charge in [0, 0.05) is 13.5 Å². The van der Waals surface area contributed by atoms with Gasteiger partial charge in [-0.1, -0.05) is 13.8 Å². The van der Waals surface area contributed by atoms with E-state index in [4.69, 9.17) is 14.2 Å². The molecule has 1 N–H and O–H groups in total. The molecule has 0 bridgehead atoms. The number of aliphatic hydroxyl groups is 1. The summed E-state index contributed by atoms with van der Waals surface area (Å²) in [5, 5.41) is 9.58. The van der Waals surface area contributed by atoms with E-state index < -0.39 is 11.9 Å². The first-order valence-corrected chi connectivity index (χ1v) is 5.45. The predicted molar refractivity (Wildman–Crippen MR) is 56.6 cm³/mol. The summed E-state index contributed by atoms with van der Waals surface area (Å²) in [6, 6.07) is 0. The lowest BCUT2D eigenvalue weighted by molar-refractivity contribution is -0.251. The van der Waals surface area contributed by atoms with Gasteiger partial charge >= 0.3 is 0 Å². The monoisotopic (exact) mass is 218 g/mol. The molecule has 1 aliphatic heterocycles. The molecule has 0 aromatic heterocycles. The molecular weight excluding hydrogens is 196 g/mol. The van der Waals surface area contributed by atoms with E-state index in [1.165, 1.54) is 0 Å². The summed E-state index contributed by atoms with van der Waals surface area (Å²) >= 11 is 0. The Hall–Kier alpha value is -0.160. The van der Waals surface area contributed by atoms with Gasteiger partial charge in [0.25, 0.3) is 0 Å². The quantitative estimate of drug-likeness (QED) is 0.704. The third kappa shape index (κ3) is 3.72. The maximum atomic E-state index is 9.58. The minimum Gasteiger partial charge on any atom is -0.388 e. The van der Waals surface area contributed by atoms with Crippen LogP contribution in [0.15, 0.2) is 0 Å². The Balaban J connectivity index is 2.51. The van der Waals surface area contributed by atoms with Crippen molar-refractivity contribution in [2.24, 2.45) is 5.92 Å². The van der Waals surface area contributed by atoms with Gasteiger partial charge < -0.3 is 19.3 Å². The summed E-state index contributed by atoms with van der Waals surface area (Å²) in [5.41, 5.74) is 0. The Kier molecular flexibility index (Phi) is 4.52. The highest BCUT2D eigenvalue weighted by atomic mass is 16.7. The van der Waals surface area contributed by atoms with E-state index in [0.717, 1.165) is 6.42 Å². The second kappa shape index (κ2) is 5.25. The minimum absolute atomic E-state index is 0.270. The Bertz CT molecular complexity index is 195.